The second-order valence-corrected chi connectivity index (χ2v) is 6.20. The van der Waals surface area contributed by atoms with Gasteiger partial charge in [0.25, 0.3) is 5.91 Å². The van der Waals surface area contributed by atoms with Gasteiger partial charge in [-0.05, 0) is 42.4 Å². The van der Waals surface area contributed by atoms with Crippen molar-refractivity contribution in [3.63, 3.8) is 0 Å². The largest absolute Gasteiger partial charge is 0.334 e. The van der Waals surface area contributed by atoms with Crippen molar-refractivity contribution < 1.29 is 4.79 Å². The Morgan fingerprint density at radius 2 is 2.00 bits per heavy atom. The zero-order valence-corrected chi connectivity index (χ0v) is 12.8. The summed E-state index contributed by atoms with van der Waals surface area (Å²) in [6, 6.07) is 8.20. The minimum Gasteiger partial charge on any atom is -0.334 e. The fraction of sp³-hybridized carbons (Fsp3) is 0.588. The monoisotopic (exact) mass is 274 g/mol. The molecule has 1 aromatic rings. The van der Waals surface area contributed by atoms with Gasteiger partial charge in [0.05, 0.1) is 0 Å². The molecule has 0 saturated carbocycles. The maximum atomic E-state index is 12.7. The predicted octanol–water partition coefficient (Wildman–Crippen LogP) is 3.01. The molecule has 2 unspecified atom stereocenters. The molecule has 1 amide bonds. The fourth-order valence-electron chi connectivity index (χ4n) is 3.04. The molecule has 110 valence electrons. The Labute approximate surface area is 122 Å². The topological polar surface area (TPSA) is 46.3 Å². The fourth-order valence-corrected chi connectivity index (χ4v) is 3.04. The number of likely N-dealkylation sites (tertiary alicyclic amines) is 1. The molecule has 0 radical (unpaired) electrons. The maximum Gasteiger partial charge on any atom is 0.254 e. The second-order valence-electron chi connectivity index (χ2n) is 6.20. The lowest BCUT2D eigenvalue weighted by molar-refractivity contribution is 0.0532. The highest BCUT2D eigenvalue weighted by molar-refractivity contribution is 5.94. The van der Waals surface area contributed by atoms with E-state index in [1.165, 1.54) is 5.56 Å². The number of nitrogens with zero attached hydrogens (tertiary/aromatic N) is 1. The van der Waals surface area contributed by atoms with E-state index in [0.29, 0.717) is 18.4 Å². The first kappa shape index (κ1) is 15.0. The summed E-state index contributed by atoms with van der Waals surface area (Å²) in [5.74, 6) is 1.11. The van der Waals surface area contributed by atoms with Crippen LogP contribution in [-0.2, 0) is 0 Å². The first-order chi connectivity index (χ1) is 9.54. The van der Waals surface area contributed by atoms with Crippen LogP contribution < -0.4 is 5.73 Å². The van der Waals surface area contributed by atoms with Crippen LogP contribution in [0.5, 0.6) is 0 Å². The van der Waals surface area contributed by atoms with E-state index in [9.17, 15) is 4.79 Å². The molecule has 1 saturated heterocycles. The van der Waals surface area contributed by atoms with Crippen molar-refractivity contribution in [2.45, 2.75) is 45.6 Å². The Morgan fingerprint density at radius 1 is 1.35 bits per heavy atom. The summed E-state index contributed by atoms with van der Waals surface area (Å²) in [5.41, 5.74) is 7.92. The molecule has 2 atom stereocenters. The van der Waals surface area contributed by atoms with Crippen molar-refractivity contribution in [3.8, 4) is 0 Å². The molecule has 1 fully saturated rings. The first-order valence-electron chi connectivity index (χ1n) is 7.65. The highest BCUT2D eigenvalue weighted by atomic mass is 16.2. The van der Waals surface area contributed by atoms with Crippen LogP contribution in [0.1, 0.15) is 55.5 Å². The first-order valence-corrected chi connectivity index (χ1v) is 7.65. The molecule has 2 N–H and O–H groups in total. The van der Waals surface area contributed by atoms with Crippen molar-refractivity contribution in [2.75, 3.05) is 13.1 Å². The van der Waals surface area contributed by atoms with E-state index >= 15 is 0 Å². The summed E-state index contributed by atoms with van der Waals surface area (Å²) in [4.78, 5) is 14.6. The van der Waals surface area contributed by atoms with Gasteiger partial charge in [-0.3, -0.25) is 4.79 Å². The number of carbonyl (C=O) groups excluding carboxylic acids is 1. The van der Waals surface area contributed by atoms with E-state index in [1.807, 2.05) is 17.0 Å². The van der Waals surface area contributed by atoms with Crippen molar-refractivity contribution >= 4 is 5.91 Å². The Bertz CT molecular complexity index is 453. The maximum absolute atomic E-state index is 12.7. The third-order valence-electron chi connectivity index (χ3n) is 4.44. The minimum absolute atomic E-state index is 0.127. The Morgan fingerprint density at radius 3 is 2.55 bits per heavy atom. The van der Waals surface area contributed by atoms with Crippen molar-refractivity contribution in [1.29, 1.82) is 0 Å². The SMILES string of the molecule is CC(C)c1ccc(C(=O)N2CCCC(C)C2CN)cc1. The second kappa shape index (κ2) is 6.40. The molecule has 2 rings (SSSR count). The Balaban J connectivity index is 2.17. The Hall–Kier alpha value is -1.35. The molecule has 1 aliphatic rings. The van der Waals surface area contributed by atoms with Crippen LogP contribution in [-0.4, -0.2) is 29.9 Å². The van der Waals surface area contributed by atoms with Crippen molar-refractivity contribution in [1.82, 2.24) is 4.90 Å². The van der Waals surface area contributed by atoms with Gasteiger partial charge in [-0.1, -0.05) is 32.9 Å². The van der Waals surface area contributed by atoms with Crippen LogP contribution in [0.3, 0.4) is 0 Å². The average Bonchev–Trinajstić information content (AvgIpc) is 2.46. The molecule has 1 aromatic carbocycles. The lowest BCUT2D eigenvalue weighted by Crippen LogP contribution is -2.51. The van der Waals surface area contributed by atoms with Crippen LogP contribution in [0.15, 0.2) is 24.3 Å². The number of benzene rings is 1. The van der Waals surface area contributed by atoms with Gasteiger partial charge in [0, 0.05) is 24.7 Å². The number of piperidine rings is 1. The molecule has 1 aliphatic heterocycles. The zero-order chi connectivity index (χ0) is 14.7. The van der Waals surface area contributed by atoms with E-state index < -0.39 is 0 Å². The van der Waals surface area contributed by atoms with Gasteiger partial charge in [0.2, 0.25) is 0 Å². The third-order valence-corrected chi connectivity index (χ3v) is 4.44. The lowest BCUT2D eigenvalue weighted by atomic mass is 9.90. The summed E-state index contributed by atoms with van der Waals surface area (Å²) < 4.78 is 0. The Kier molecular flexibility index (Phi) is 4.81. The van der Waals surface area contributed by atoms with E-state index in [-0.39, 0.29) is 11.9 Å². The van der Waals surface area contributed by atoms with E-state index in [1.54, 1.807) is 0 Å². The third kappa shape index (κ3) is 3.04. The smallest absolute Gasteiger partial charge is 0.254 e. The molecule has 0 aromatic heterocycles. The number of carbonyl (C=O) groups is 1. The van der Waals surface area contributed by atoms with Crippen LogP contribution in [0.4, 0.5) is 0 Å². The molecule has 20 heavy (non-hydrogen) atoms. The number of hydrogen-bond acceptors (Lipinski definition) is 2. The summed E-state index contributed by atoms with van der Waals surface area (Å²) in [5, 5.41) is 0. The normalized spacial score (nSPS) is 23.1. The molecule has 3 nitrogen and oxygen atoms in total. The number of nitrogens with two attached hydrogens (primary N) is 1. The molecular weight excluding hydrogens is 248 g/mol. The van der Waals surface area contributed by atoms with Gasteiger partial charge in [0.15, 0.2) is 0 Å². The standard InChI is InChI=1S/C17H26N2O/c1-12(2)14-6-8-15(9-7-14)17(20)19-10-4-5-13(3)16(19)11-18/h6-9,12-13,16H,4-5,10-11,18H2,1-3H3. The summed E-state index contributed by atoms with van der Waals surface area (Å²) >= 11 is 0. The van der Waals surface area contributed by atoms with E-state index in [4.69, 9.17) is 5.73 Å². The lowest BCUT2D eigenvalue weighted by Gasteiger charge is -2.39. The van der Waals surface area contributed by atoms with Crippen LogP contribution in [0, 0.1) is 5.92 Å². The van der Waals surface area contributed by atoms with E-state index in [2.05, 4.69) is 32.9 Å². The van der Waals surface area contributed by atoms with Crippen LogP contribution in [0.2, 0.25) is 0 Å². The summed E-state index contributed by atoms with van der Waals surface area (Å²) in [7, 11) is 0. The predicted molar refractivity (Wildman–Crippen MR) is 82.8 cm³/mol. The van der Waals surface area contributed by atoms with Gasteiger partial charge < -0.3 is 10.6 Å². The molecule has 3 heteroatoms. The van der Waals surface area contributed by atoms with Crippen molar-refractivity contribution in [3.05, 3.63) is 35.4 Å². The highest BCUT2D eigenvalue weighted by Gasteiger charge is 2.31. The number of amides is 1. The van der Waals surface area contributed by atoms with Gasteiger partial charge in [-0.25, -0.2) is 0 Å². The summed E-state index contributed by atoms with van der Waals surface area (Å²) in [6.07, 6.45) is 2.24. The van der Waals surface area contributed by atoms with Gasteiger partial charge >= 0.3 is 0 Å². The van der Waals surface area contributed by atoms with Gasteiger partial charge in [-0.2, -0.15) is 0 Å². The van der Waals surface area contributed by atoms with Crippen LogP contribution >= 0.6 is 0 Å². The number of rotatable bonds is 3. The highest BCUT2D eigenvalue weighted by Crippen LogP contribution is 2.25. The van der Waals surface area contributed by atoms with Gasteiger partial charge in [-0.15, -0.1) is 0 Å². The molecule has 0 bridgehead atoms. The number of hydrogen-bond donors (Lipinski definition) is 1. The average molecular weight is 274 g/mol. The minimum atomic E-state index is 0.127. The van der Waals surface area contributed by atoms with E-state index in [0.717, 1.165) is 24.9 Å². The van der Waals surface area contributed by atoms with Gasteiger partial charge in [0.1, 0.15) is 0 Å². The zero-order valence-electron chi connectivity index (χ0n) is 12.8. The molecular formula is C17H26N2O. The molecule has 0 spiro atoms. The molecule has 1 heterocycles. The van der Waals surface area contributed by atoms with Crippen LogP contribution in [0.25, 0.3) is 0 Å². The molecule has 0 aliphatic carbocycles. The van der Waals surface area contributed by atoms with Crippen molar-refractivity contribution in [2.24, 2.45) is 11.7 Å². The quantitative estimate of drug-likeness (QED) is 0.921. The summed E-state index contributed by atoms with van der Waals surface area (Å²) in [6.45, 7) is 7.90.